The highest BCUT2D eigenvalue weighted by molar-refractivity contribution is 5.16. The third-order valence-corrected chi connectivity index (χ3v) is 4.86. The highest BCUT2D eigenvalue weighted by Crippen LogP contribution is 2.37. The van der Waals surface area contributed by atoms with E-state index in [0.29, 0.717) is 11.5 Å². The second-order valence-electron chi connectivity index (χ2n) is 7.42. The fraction of sp³-hybridized carbons (Fsp3) is 0.824. The van der Waals surface area contributed by atoms with Crippen LogP contribution < -0.4 is 5.32 Å². The van der Waals surface area contributed by atoms with Crippen molar-refractivity contribution in [1.82, 2.24) is 15.1 Å². The van der Waals surface area contributed by atoms with E-state index in [0.717, 1.165) is 18.9 Å². The Hall–Kier alpha value is -0.830. The molecule has 0 unspecified atom stereocenters. The van der Waals surface area contributed by atoms with Crippen molar-refractivity contribution < 1.29 is 0 Å². The Kier molecular flexibility index (Phi) is 4.90. The molecule has 0 aliphatic heterocycles. The Labute approximate surface area is 124 Å². The van der Waals surface area contributed by atoms with Crippen molar-refractivity contribution >= 4 is 0 Å². The maximum Gasteiger partial charge on any atom is 0.0666 e. The van der Waals surface area contributed by atoms with Crippen LogP contribution in [0.15, 0.2) is 6.20 Å². The van der Waals surface area contributed by atoms with Crippen LogP contribution in [0.5, 0.6) is 0 Å². The second-order valence-corrected chi connectivity index (χ2v) is 7.42. The summed E-state index contributed by atoms with van der Waals surface area (Å²) in [6.07, 6.45) is 8.57. The smallest absolute Gasteiger partial charge is 0.0666 e. The molecule has 0 bridgehead atoms. The standard InChI is InChI=1S/C17H31N3/c1-6-16-13(12-20(5)19-16)11-18-15-9-7-14(8-10-15)17(2,3)4/h12,14-15,18H,6-11H2,1-5H3. The number of aryl methyl sites for hydroxylation is 2. The lowest BCUT2D eigenvalue weighted by Crippen LogP contribution is -2.35. The first-order chi connectivity index (χ1) is 9.40. The number of nitrogens with zero attached hydrogens (tertiary/aromatic N) is 2. The summed E-state index contributed by atoms with van der Waals surface area (Å²) in [5.74, 6) is 0.894. The minimum absolute atomic E-state index is 0.476. The lowest BCUT2D eigenvalue weighted by atomic mass is 9.71. The molecule has 1 aromatic heterocycles. The molecule has 1 N–H and O–H groups in total. The summed E-state index contributed by atoms with van der Waals surface area (Å²) < 4.78 is 1.94. The predicted molar refractivity (Wildman–Crippen MR) is 84.6 cm³/mol. The zero-order valence-corrected chi connectivity index (χ0v) is 13.9. The van der Waals surface area contributed by atoms with E-state index < -0.39 is 0 Å². The average molecular weight is 277 g/mol. The molecule has 20 heavy (non-hydrogen) atoms. The van der Waals surface area contributed by atoms with Gasteiger partial charge in [-0.25, -0.2) is 0 Å². The zero-order valence-electron chi connectivity index (χ0n) is 13.9. The van der Waals surface area contributed by atoms with Crippen LogP contribution in [0, 0.1) is 11.3 Å². The maximum absolute atomic E-state index is 4.51. The van der Waals surface area contributed by atoms with Gasteiger partial charge in [-0.05, 0) is 43.4 Å². The van der Waals surface area contributed by atoms with Crippen molar-refractivity contribution in [2.24, 2.45) is 18.4 Å². The summed E-state index contributed by atoms with van der Waals surface area (Å²) in [4.78, 5) is 0. The number of hydrogen-bond acceptors (Lipinski definition) is 2. The van der Waals surface area contributed by atoms with E-state index in [4.69, 9.17) is 0 Å². The van der Waals surface area contributed by atoms with E-state index in [-0.39, 0.29) is 0 Å². The first-order valence-corrected chi connectivity index (χ1v) is 8.15. The van der Waals surface area contributed by atoms with Gasteiger partial charge in [0.1, 0.15) is 0 Å². The molecule has 3 nitrogen and oxygen atoms in total. The Morgan fingerprint density at radius 1 is 1.25 bits per heavy atom. The summed E-state index contributed by atoms with van der Waals surface area (Å²) in [7, 11) is 2.01. The molecule has 0 aromatic carbocycles. The Morgan fingerprint density at radius 2 is 1.90 bits per heavy atom. The summed E-state index contributed by atoms with van der Waals surface area (Å²) >= 11 is 0. The molecule has 1 saturated carbocycles. The lowest BCUT2D eigenvalue weighted by molar-refractivity contribution is 0.160. The molecule has 0 atom stereocenters. The molecule has 0 saturated heterocycles. The first-order valence-electron chi connectivity index (χ1n) is 8.15. The van der Waals surface area contributed by atoms with Gasteiger partial charge in [0.05, 0.1) is 5.69 Å². The largest absolute Gasteiger partial charge is 0.310 e. The van der Waals surface area contributed by atoms with Crippen molar-refractivity contribution in [3.05, 3.63) is 17.5 Å². The minimum atomic E-state index is 0.476. The van der Waals surface area contributed by atoms with E-state index >= 15 is 0 Å². The number of hydrogen-bond donors (Lipinski definition) is 1. The highest BCUT2D eigenvalue weighted by atomic mass is 15.3. The molecule has 114 valence electrons. The zero-order chi connectivity index (χ0) is 14.8. The number of aromatic nitrogens is 2. The van der Waals surface area contributed by atoms with E-state index in [2.05, 4.69) is 44.3 Å². The van der Waals surface area contributed by atoms with Gasteiger partial charge in [-0.2, -0.15) is 5.10 Å². The average Bonchev–Trinajstić information content (AvgIpc) is 2.76. The van der Waals surface area contributed by atoms with Gasteiger partial charge in [-0.3, -0.25) is 4.68 Å². The van der Waals surface area contributed by atoms with Crippen LogP contribution in [0.1, 0.15) is 64.6 Å². The SMILES string of the molecule is CCc1nn(C)cc1CNC1CCC(C(C)(C)C)CC1. The normalized spacial score (nSPS) is 24.1. The summed E-state index contributed by atoms with van der Waals surface area (Å²) in [6, 6.07) is 0.693. The fourth-order valence-electron chi connectivity index (χ4n) is 3.45. The molecule has 1 aliphatic carbocycles. The van der Waals surface area contributed by atoms with Crippen LogP contribution in [0.2, 0.25) is 0 Å². The van der Waals surface area contributed by atoms with Gasteiger partial charge in [-0.15, -0.1) is 0 Å². The van der Waals surface area contributed by atoms with E-state index in [1.807, 2.05) is 11.7 Å². The van der Waals surface area contributed by atoms with E-state index in [9.17, 15) is 0 Å². The van der Waals surface area contributed by atoms with Crippen molar-refractivity contribution in [1.29, 1.82) is 0 Å². The van der Waals surface area contributed by atoms with Crippen LogP contribution in [0.3, 0.4) is 0 Å². The van der Waals surface area contributed by atoms with E-state index in [1.165, 1.54) is 36.9 Å². The third-order valence-electron chi connectivity index (χ3n) is 4.86. The molecule has 3 heteroatoms. The third kappa shape index (κ3) is 3.85. The monoisotopic (exact) mass is 277 g/mol. The van der Waals surface area contributed by atoms with Gasteiger partial charge < -0.3 is 5.32 Å². The molecule has 1 fully saturated rings. The van der Waals surface area contributed by atoms with Gasteiger partial charge in [-0.1, -0.05) is 27.7 Å². The first kappa shape index (κ1) is 15.6. The molecule has 2 rings (SSSR count). The molecule has 0 amide bonds. The van der Waals surface area contributed by atoms with Crippen molar-refractivity contribution in [2.45, 2.75) is 72.4 Å². The van der Waals surface area contributed by atoms with Gasteiger partial charge in [0.2, 0.25) is 0 Å². The summed E-state index contributed by atoms with van der Waals surface area (Å²) in [5.41, 5.74) is 3.08. The molecular formula is C17H31N3. The predicted octanol–water partition coefficient (Wildman–Crippen LogP) is 3.68. The Morgan fingerprint density at radius 3 is 2.45 bits per heavy atom. The van der Waals surface area contributed by atoms with Crippen LogP contribution in [0.4, 0.5) is 0 Å². The van der Waals surface area contributed by atoms with Crippen molar-refractivity contribution in [3.63, 3.8) is 0 Å². The maximum atomic E-state index is 4.51. The van der Waals surface area contributed by atoms with Crippen molar-refractivity contribution in [3.8, 4) is 0 Å². The van der Waals surface area contributed by atoms with Gasteiger partial charge in [0.25, 0.3) is 0 Å². The Balaban J connectivity index is 1.81. The van der Waals surface area contributed by atoms with Crippen LogP contribution in [-0.4, -0.2) is 15.8 Å². The highest BCUT2D eigenvalue weighted by Gasteiger charge is 2.29. The van der Waals surface area contributed by atoms with Crippen LogP contribution in [0.25, 0.3) is 0 Å². The van der Waals surface area contributed by atoms with Gasteiger partial charge >= 0.3 is 0 Å². The molecule has 0 spiro atoms. The number of nitrogens with one attached hydrogen (secondary N) is 1. The van der Waals surface area contributed by atoms with Gasteiger partial charge in [0.15, 0.2) is 0 Å². The fourth-order valence-corrected chi connectivity index (χ4v) is 3.45. The molecule has 1 aromatic rings. The van der Waals surface area contributed by atoms with E-state index in [1.54, 1.807) is 0 Å². The number of rotatable bonds is 4. The summed E-state index contributed by atoms with van der Waals surface area (Å²) in [6.45, 7) is 10.3. The topological polar surface area (TPSA) is 29.9 Å². The minimum Gasteiger partial charge on any atom is -0.310 e. The van der Waals surface area contributed by atoms with Crippen molar-refractivity contribution in [2.75, 3.05) is 0 Å². The molecular weight excluding hydrogens is 246 g/mol. The quantitative estimate of drug-likeness (QED) is 0.910. The lowest BCUT2D eigenvalue weighted by Gasteiger charge is -2.37. The summed E-state index contributed by atoms with van der Waals surface area (Å²) in [5, 5.41) is 8.26. The molecule has 0 radical (unpaired) electrons. The second kappa shape index (κ2) is 6.30. The Bertz CT molecular complexity index is 420. The van der Waals surface area contributed by atoms with Gasteiger partial charge in [0, 0.05) is 31.4 Å². The molecule has 1 heterocycles. The van der Waals surface area contributed by atoms with Crippen LogP contribution >= 0.6 is 0 Å². The molecule has 1 aliphatic rings. The van der Waals surface area contributed by atoms with Crippen LogP contribution in [-0.2, 0) is 20.0 Å².